The van der Waals surface area contributed by atoms with Crippen molar-refractivity contribution >= 4 is 52.2 Å². The minimum Gasteiger partial charge on any atom is -0.495 e. The second-order valence-electron chi connectivity index (χ2n) is 4.15. The van der Waals surface area contributed by atoms with E-state index in [2.05, 4.69) is 16.2 Å². The third kappa shape index (κ3) is 4.10. The van der Waals surface area contributed by atoms with Gasteiger partial charge in [0.15, 0.2) is 0 Å². The number of ether oxygens (including phenoxy) is 1. The molecule has 0 aliphatic rings. The number of carbonyl (C=O) groups excluding carboxylic acids is 1. The minimum absolute atomic E-state index is 0.287. The normalized spacial score (nSPS) is 10.0. The number of hydrogen-bond donors (Lipinski definition) is 3. The van der Waals surface area contributed by atoms with Crippen molar-refractivity contribution in [3.63, 3.8) is 0 Å². The van der Waals surface area contributed by atoms with Crippen molar-refractivity contribution in [1.82, 2.24) is 5.43 Å². The Morgan fingerprint density at radius 2 is 1.73 bits per heavy atom. The number of rotatable bonds is 4. The maximum absolute atomic E-state index is 11.9. The molecule has 0 fully saturated rings. The van der Waals surface area contributed by atoms with Gasteiger partial charge >= 0.3 is 6.03 Å². The fourth-order valence-electron chi connectivity index (χ4n) is 1.68. The van der Waals surface area contributed by atoms with Gasteiger partial charge in [0.2, 0.25) is 0 Å². The van der Waals surface area contributed by atoms with Crippen LogP contribution in [0.1, 0.15) is 0 Å². The SMILES string of the molecule is COc1ccccc1NC(=O)NNc1c(Cl)cc(Cl)cc1Cl. The first-order valence-electron chi connectivity index (χ1n) is 6.12. The molecule has 0 saturated heterocycles. The van der Waals surface area contributed by atoms with E-state index >= 15 is 0 Å². The minimum atomic E-state index is -0.508. The highest BCUT2D eigenvalue weighted by Crippen LogP contribution is 2.33. The summed E-state index contributed by atoms with van der Waals surface area (Å²) in [5, 5.41) is 3.61. The van der Waals surface area contributed by atoms with E-state index in [-0.39, 0.29) is 10.0 Å². The molecule has 0 unspecified atom stereocenters. The highest BCUT2D eigenvalue weighted by molar-refractivity contribution is 6.41. The van der Waals surface area contributed by atoms with Gasteiger partial charge in [0.1, 0.15) is 5.75 Å². The number of anilines is 2. The fourth-order valence-corrected chi connectivity index (χ4v) is 2.59. The van der Waals surface area contributed by atoms with Crippen LogP contribution in [0.2, 0.25) is 15.1 Å². The molecule has 0 heterocycles. The molecule has 0 radical (unpaired) electrons. The second-order valence-corrected chi connectivity index (χ2v) is 5.40. The van der Waals surface area contributed by atoms with E-state index in [0.29, 0.717) is 22.1 Å². The summed E-state index contributed by atoms with van der Waals surface area (Å²) in [4.78, 5) is 11.9. The summed E-state index contributed by atoms with van der Waals surface area (Å²) in [5.74, 6) is 0.542. The Kier molecular flexibility index (Phi) is 5.60. The van der Waals surface area contributed by atoms with E-state index in [1.54, 1.807) is 24.3 Å². The van der Waals surface area contributed by atoms with E-state index in [1.807, 2.05) is 0 Å². The van der Waals surface area contributed by atoms with Crippen LogP contribution in [0.15, 0.2) is 36.4 Å². The number of hydrogen-bond acceptors (Lipinski definition) is 3. The number of halogens is 3. The van der Waals surface area contributed by atoms with Crippen molar-refractivity contribution in [2.24, 2.45) is 0 Å². The first kappa shape index (κ1) is 16.5. The molecule has 2 aromatic rings. The second kappa shape index (κ2) is 7.45. The van der Waals surface area contributed by atoms with E-state index in [0.717, 1.165) is 0 Å². The summed E-state index contributed by atoms with van der Waals surface area (Å²) in [6.07, 6.45) is 0. The number of para-hydroxylation sites is 2. The van der Waals surface area contributed by atoms with Gasteiger partial charge in [-0.3, -0.25) is 10.9 Å². The zero-order valence-corrected chi connectivity index (χ0v) is 13.7. The molecular weight excluding hydrogens is 349 g/mol. The fraction of sp³-hybridized carbons (Fsp3) is 0.0714. The molecule has 0 aromatic heterocycles. The lowest BCUT2D eigenvalue weighted by molar-refractivity contribution is 0.253. The molecule has 0 saturated carbocycles. The van der Waals surface area contributed by atoms with Gasteiger partial charge in [-0.1, -0.05) is 46.9 Å². The lowest BCUT2D eigenvalue weighted by Gasteiger charge is -2.14. The Bertz CT molecular complexity index is 672. The van der Waals surface area contributed by atoms with Gasteiger partial charge in [-0.2, -0.15) is 0 Å². The predicted octanol–water partition coefficient (Wildman–Crippen LogP) is 4.80. The summed E-state index contributed by atoms with van der Waals surface area (Å²) in [5.41, 5.74) is 5.95. The van der Waals surface area contributed by atoms with Gasteiger partial charge in [-0.25, -0.2) is 4.79 Å². The van der Waals surface area contributed by atoms with Crippen molar-refractivity contribution in [1.29, 1.82) is 0 Å². The van der Waals surface area contributed by atoms with Crippen LogP contribution in [0.4, 0.5) is 16.2 Å². The molecule has 8 heteroatoms. The van der Waals surface area contributed by atoms with Gasteiger partial charge < -0.3 is 10.1 Å². The van der Waals surface area contributed by atoms with Gasteiger partial charge in [0.25, 0.3) is 0 Å². The van der Waals surface area contributed by atoms with Crippen molar-refractivity contribution < 1.29 is 9.53 Å². The largest absolute Gasteiger partial charge is 0.495 e. The van der Waals surface area contributed by atoms with Crippen LogP contribution >= 0.6 is 34.8 Å². The van der Waals surface area contributed by atoms with Crippen LogP contribution < -0.4 is 20.9 Å². The van der Waals surface area contributed by atoms with Gasteiger partial charge in [-0.15, -0.1) is 0 Å². The Balaban J connectivity index is 2.02. The summed E-state index contributed by atoms with van der Waals surface area (Å²) < 4.78 is 5.14. The number of nitrogens with one attached hydrogen (secondary N) is 3. The third-order valence-electron chi connectivity index (χ3n) is 2.66. The van der Waals surface area contributed by atoms with Crippen molar-refractivity contribution in [3.8, 4) is 5.75 Å². The average Bonchev–Trinajstić information content (AvgIpc) is 2.46. The maximum atomic E-state index is 11.9. The number of amides is 2. The number of urea groups is 1. The molecule has 5 nitrogen and oxygen atoms in total. The van der Waals surface area contributed by atoms with Crippen molar-refractivity contribution in [3.05, 3.63) is 51.5 Å². The van der Waals surface area contributed by atoms with E-state index in [9.17, 15) is 4.79 Å². The number of carbonyl (C=O) groups is 1. The lowest BCUT2D eigenvalue weighted by atomic mass is 10.3. The van der Waals surface area contributed by atoms with Crippen LogP contribution in [-0.2, 0) is 0 Å². The van der Waals surface area contributed by atoms with Gasteiger partial charge in [0, 0.05) is 5.02 Å². The molecular formula is C14H12Cl3N3O2. The molecule has 2 aromatic carbocycles. The topological polar surface area (TPSA) is 62.4 Å². The summed E-state index contributed by atoms with van der Waals surface area (Å²) in [6, 6.07) is 9.53. The lowest BCUT2D eigenvalue weighted by Crippen LogP contribution is -2.33. The van der Waals surface area contributed by atoms with Gasteiger partial charge in [-0.05, 0) is 24.3 Å². The Morgan fingerprint density at radius 1 is 1.09 bits per heavy atom. The molecule has 2 amide bonds. The molecule has 0 atom stereocenters. The first-order chi connectivity index (χ1) is 10.5. The van der Waals surface area contributed by atoms with Crippen molar-refractivity contribution in [2.75, 3.05) is 17.9 Å². The smallest absolute Gasteiger partial charge is 0.337 e. The highest BCUT2D eigenvalue weighted by atomic mass is 35.5. The van der Waals surface area contributed by atoms with Crippen LogP contribution in [-0.4, -0.2) is 13.1 Å². The molecule has 0 bridgehead atoms. The molecule has 3 N–H and O–H groups in total. The monoisotopic (exact) mass is 359 g/mol. The Morgan fingerprint density at radius 3 is 2.36 bits per heavy atom. The third-order valence-corrected chi connectivity index (χ3v) is 3.48. The quantitative estimate of drug-likeness (QED) is 0.686. The first-order valence-corrected chi connectivity index (χ1v) is 7.25. The molecule has 2 rings (SSSR count). The zero-order chi connectivity index (χ0) is 16.1. The van der Waals surface area contributed by atoms with Crippen LogP contribution in [0.3, 0.4) is 0 Å². The van der Waals surface area contributed by atoms with Crippen LogP contribution in [0.25, 0.3) is 0 Å². The molecule has 116 valence electrons. The van der Waals surface area contributed by atoms with E-state index in [4.69, 9.17) is 39.5 Å². The standard InChI is InChI=1S/C14H12Cl3N3O2/c1-22-12-5-3-2-4-11(12)18-14(21)20-19-13-9(16)6-8(15)7-10(13)17/h2-7,19H,1H3,(H2,18,20,21). The summed E-state index contributed by atoms with van der Waals surface area (Å²) >= 11 is 17.8. The molecule has 22 heavy (non-hydrogen) atoms. The zero-order valence-electron chi connectivity index (χ0n) is 11.4. The summed E-state index contributed by atoms with van der Waals surface area (Å²) in [7, 11) is 1.52. The number of benzene rings is 2. The van der Waals surface area contributed by atoms with E-state index < -0.39 is 6.03 Å². The summed E-state index contributed by atoms with van der Waals surface area (Å²) in [6.45, 7) is 0. The van der Waals surface area contributed by atoms with Crippen LogP contribution in [0, 0.1) is 0 Å². The number of hydrazine groups is 1. The number of methoxy groups -OCH3 is 1. The van der Waals surface area contributed by atoms with Crippen molar-refractivity contribution in [2.45, 2.75) is 0 Å². The predicted molar refractivity (Wildman–Crippen MR) is 90.2 cm³/mol. The Labute approximate surface area is 142 Å². The van der Waals surface area contributed by atoms with E-state index in [1.165, 1.54) is 19.2 Å². The van der Waals surface area contributed by atoms with Gasteiger partial charge in [0.05, 0.1) is 28.5 Å². The molecule has 0 aliphatic heterocycles. The highest BCUT2D eigenvalue weighted by Gasteiger charge is 2.10. The molecule has 0 aliphatic carbocycles. The average molecular weight is 361 g/mol. The van der Waals surface area contributed by atoms with Crippen LogP contribution in [0.5, 0.6) is 5.75 Å². The Hall–Kier alpha value is -1.82. The maximum Gasteiger partial charge on any atom is 0.337 e. The molecule has 0 spiro atoms.